The molecule has 28 heavy (non-hydrogen) atoms. The van der Waals surface area contributed by atoms with E-state index >= 15 is 0 Å². The molecule has 0 radical (unpaired) electrons. The first-order valence-corrected chi connectivity index (χ1v) is 10.4. The summed E-state index contributed by atoms with van der Waals surface area (Å²) in [6, 6.07) is 9.97. The van der Waals surface area contributed by atoms with E-state index in [0.29, 0.717) is 30.5 Å². The molecule has 1 atom stereocenters. The third-order valence-corrected chi connectivity index (χ3v) is 6.16. The Hall–Kier alpha value is -2.56. The van der Waals surface area contributed by atoms with Gasteiger partial charge in [0.15, 0.2) is 0 Å². The van der Waals surface area contributed by atoms with E-state index in [0.717, 1.165) is 43.5 Å². The number of hydrogen-bond donors (Lipinski definition) is 1. The first kappa shape index (κ1) is 18.8. The van der Waals surface area contributed by atoms with Crippen molar-refractivity contribution >= 4 is 11.8 Å². The smallest absolute Gasteiger partial charge is 0.256 e. The second kappa shape index (κ2) is 8.21. The molecule has 0 saturated carbocycles. The topological polar surface area (TPSA) is 56.4 Å². The Morgan fingerprint density at radius 1 is 0.964 bits per heavy atom. The van der Waals surface area contributed by atoms with Crippen LogP contribution in [-0.4, -0.2) is 52.8 Å². The fourth-order valence-corrected chi connectivity index (χ4v) is 4.54. The van der Waals surface area contributed by atoms with Crippen LogP contribution < -0.4 is 0 Å². The minimum Gasteiger partial charge on any atom is -0.366 e. The van der Waals surface area contributed by atoms with E-state index in [9.17, 15) is 9.59 Å². The second-order valence-corrected chi connectivity index (χ2v) is 8.25. The van der Waals surface area contributed by atoms with Crippen molar-refractivity contribution in [2.75, 3.05) is 26.2 Å². The lowest BCUT2D eigenvalue weighted by Gasteiger charge is -2.37. The van der Waals surface area contributed by atoms with Crippen LogP contribution in [0.1, 0.15) is 43.0 Å². The molecule has 4 rings (SSSR count). The van der Waals surface area contributed by atoms with E-state index in [1.165, 1.54) is 6.42 Å². The molecule has 1 unspecified atom stereocenters. The second-order valence-electron chi connectivity index (χ2n) is 8.25. The summed E-state index contributed by atoms with van der Waals surface area (Å²) in [7, 11) is 0. The van der Waals surface area contributed by atoms with E-state index in [1.807, 2.05) is 41.4 Å². The normalized spacial score (nSPS) is 21.0. The number of amides is 2. The number of rotatable bonds is 3. The number of nitrogens with zero attached hydrogens (tertiary/aromatic N) is 2. The molecule has 1 aromatic heterocycles. The minimum atomic E-state index is 0.0533. The van der Waals surface area contributed by atoms with Gasteiger partial charge in [0.1, 0.15) is 0 Å². The van der Waals surface area contributed by atoms with Crippen molar-refractivity contribution in [3.8, 4) is 11.1 Å². The summed E-state index contributed by atoms with van der Waals surface area (Å²) in [4.78, 5) is 33.0. The molecule has 0 aliphatic carbocycles. The van der Waals surface area contributed by atoms with Crippen molar-refractivity contribution < 1.29 is 9.59 Å². The van der Waals surface area contributed by atoms with Gasteiger partial charge in [-0.25, -0.2) is 0 Å². The average Bonchev–Trinajstić information content (AvgIpc) is 3.23. The molecule has 3 heterocycles. The molecule has 2 aliphatic heterocycles. The first-order chi connectivity index (χ1) is 13.6. The number of piperidine rings is 2. The molecule has 2 fully saturated rings. The van der Waals surface area contributed by atoms with Crippen molar-refractivity contribution in [2.45, 2.75) is 32.6 Å². The molecule has 2 amide bonds. The molecule has 2 aromatic rings. The van der Waals surface area contributed by atoms with Gasteiger partial charge in [0, 0.05) is 50.1 Å². The summed E-state index contributed by atoms with van der Waals surface area (Å²) in [6.45, 7) is 5.31. The van der Waals surface area contributed by atoms with Gasteiger partial charge in [0.2, 0.25) is 5.91 Å². The number of nitrogens with one attached hydrogen (secondary N) is 1. The Balaban J connectivity index is 1.39. The van der Waals surface area contributed by atoms with Crippen LogP contribution >= 0.6 is 0 Å². The van der Waals surface area contributed by atoms with Gasteiger partial charge in [-0.05, 0) is 37.2 Å². The van der Waals surface area contributed by atoms with E-state index in [2.05, 4.69) is 16.8 Å². The molecule has 148 valence electrons. The monoisotopic (exact) mass is 379 g/mol. The summed E-state index contributed by atoms with van der Waals surface area (Å²) < 4.78 is 0. The van der Waals surface area contributed by atoms with E-state index in [1.54, 1.807) is 6.20 Å². The third-order valence-electron chi connectivity index (χ3n) is 6.16. The van der Waals surface area contributed by atoms with E-state index < -0.39 is 0 Å². The third kappa shape index (κ3) is 3.84. The molecule has 0 bridgehead atoms. The summed E-state index contributed by atoms with van der Waals surface area (Å²) in [5, 5.41) is 0. The molecule has 0 spiro atoms. The maximum absolute atomic E-state index is 13.1. The molecular formula is C23H29N3O2. The zero-order valence-corrected chi connectivity index (χ0v) is 16.6. The van der Waals surface area contributed by atoms with Crippen LogP contribution in [0, 0.1) is 11.8 Å². The average molecular weight is 380 g/mol. The lowest BCUT2D eigenvalue weighted by atomic mass is 9.92. The standard InChI is InChI=1S/C23H29N3O2/c1-17-6-5-11-26(16-17)22(27)19-9-12-25(13-10-19)23(28)21-15-24-14-20(21)18-7-3-2-4-8-18/h2-4,7-8,14-15,17,19,24H,5-6,9-13,16H2,1H3. The fourth-order valence-electron chi connectivity index (χ4n) is 4.54. The highest BCUT2D eigenvalue weighted by Crippen LogP contribution is 2.28. The summed E-state index contributed by atoms with van der Waals surface area (Å²) in [5.41, 5.74) is 2.68. The minimum absolute atomic E-state index is 0.0533. The SMILES string of the molecule is CC1CCCN(C(=O)C2CCN(C(=O)c3c[nH]cc3-c3ccccc3)CC2)C1. The molecular weight excluding hydrogens is 350 g/mol. The molecule has 5 nitrogen and oxygen atoms in total. The lowest BCUT2D eigenvalue weighted by Crippen LogP contribution is -2.47. The highest BCUT2D eigenvalue weighted by atomic mass is 16.2. The van der Waals surface area contributed by atoms with Crippen LogP contribution in [0.15, 0.2) is 42.7 Å². The van der Waals surface area contributed by atoms with Gasteiger partial charge in [-0.1, -0.05) is 37.3 Å². The highest BCUT2D eigenvalue weighted by molar-refractivity contribution is 6.00. The first-order valence-electron chi connectivity index (χ1n) is 10.4. The highest BCUT2D eigenvalue weighted by Gasteiger charge is 2.32. The number of hydrogen-bond acceptors (Lipinski definition) is 2. The van der Waals surface area contributed by atoms with Crippen molar-refractivity contribution in [2.24, 2.45) is 11.8 Å². The van der Waals surface area contributed by atoms with Gasteiger partial charge in [-0.15, -0.1) is 0 Å². The summed E-state index contributed by atoms with van der Waals surface area (Å²) in [6.07, 6.45) is 7.53. The van der Waals surface area contributed by atoms with Gasteiger partial charge in [-0.3, -0.25) is 9.59 Å². The van der Waals surface area contributed by atoms with Crippen LogP contribution in [0.5, 0.6) is 0 Å². The Labute approximate surface area is 166 Å². The number of carbonyl (C=O) groups is 2. The van der Waals surface area contributed by atoms with Crippen molar-refractivity contribution in [1.82, 2.24) is 14.8 Å². The van der Waals surface area contributed by atoms with Crippen molar-refractivity contribution in [3.05, 3.63) is 48.3 Å². The largest absolute Gasteiger partial charge is 0.366 e. The molecule has 2 saturated heterocycles. The van der Waals surface area contributed by atoms with Crippen molar-refractivity contribution in [1.29, 1.82) is 0 Å². The Bertz CT molecular complexity index is 821. The van der Waals surface area contributed by atoms with Crippen LogP contribution in [0.25, 0.3) is 11.1 Å². The Morgan fingerprint density at radius 2 is 1.71 bits per heavy atom. The predicted molar refractivity (Wildman–Crippen MR) is 110 cm³/mol. The number of benzene rings is 1. The zero-order chi connectivity index (χ0) is 19.5. The van der Waals surface area contributed by atoms with Crippen LogP contribution in [0.3, 0.4) is 0 Å². The van der Waals surface area contributed by atoms with Gasteiger partial charge >= 0.3 is 0 Å². The lowest BCUT2D eigenvalue weighted by molar-refractivity contribution is -0.138. The molecule has 5 heteroatoms. The Kier molecular flexibility index (Phi) is 5.51. The van der Waals surface area contributed by atoms with Crippen LogP contribution in [-0.2, 0) is 4.79 Å². The Morgan fingerprint density at radius 3 is 2.43 bits per heavy atom. The number of H-pyrrole nitrogens is 1. The van der Waals surface area contributed by atoms with Crippen LogP contribution in [0.2, 0.25) is 0 Å². The summed E-state index contributed by atoms with van der Waals surface area (Å²) >= 11 is 0. The maximum atomic E-state index is 13.1. The zero-order valence-electron chi connectivity index (χ0n) is 16.6. The summed E-state index contributed by atoms with van der Waals surface area (Å²) in [5.74, 6) is 1.02. The van der Waals surface area contributed by atoms with E-state index in [4.69, 9.17) is 0 Å². The quantitative estimate of drug-likeness (QED) is 0.882. The number of aromatic nitrogens is 1. The maximum Gasteiger partial charge on any atom is 0.256 e. The number of carbonyl (C=O) groups excluding carboxylic acids is 2. The van der Waals surface area contributed by atoms with Gasteiger partial charge in [-0.2, -0.15) is 0 Å². The molecule has 1 aromatic carbocycles. The molecule has 2 aliphatic rings. The van der Waals surface area contributed by atoms with Gasteiger partial charge in [0.25, 0.3) is 5.91 Å². The number of likely N-dealkylation sites (tertiary alicyclic amines) is 2. The van der Waals surface area contributed by atoms with E-state index in [-0.39, 0.29) is 11.8 Å². The number of aromatic amines is 1. The van der Waals surface area contributed by atoms with Crippen LogP contribution in [0.4, 0.5) is 0 Å². The molecule has 1 N–H and O–H groups in total. The van der Waals surface area contributed by atoms with Gasteiger partial charge in [0.05, 0.1) is 5.56 Å². The predicted octanol–water partition coefficient (Wildman–Crippen LogP) is 3.79. The van der Waals surface area contributed by atoms with Crippen molar-refractivity contribution in [3.63, 3.8) is 0 Å². The van der Waals surface area contributed by atoms with Gasteiger partial charge < -0.3 is 14.8 Å². The fraction of sp³-hybridized carbons (Fsp3) is 0.478.